The van der Waals surface area contributed by atoms with Gasteiger partial charge in [0, 0.05) is 30.7 Å². The molecule has 0 unspecified atom stereocenters. The largest absolute Gasteiger partial charge is 0.396 e. The standard InChI is InChI=1S/C27H31FN6O3S/c1-14-21(25-33-19-11-29-9-8-20(19)38-25)24(32-18-10-15(12-35)22(36)23(18)37)34-26(31-14)30-13-27(2,3)16-4-6-17(28)7-5-16/h4-9,11,15,18,22-23,35-37H,10,12-13H2,1-3H3,(H2,30,31,32,34)/t15-,18-,22-,23+/m1/s1. The van der Waals surface area contributed by atoms with Gasteiger partial charge in [-0.05, 0) is 37.1 Å². The van der Waals surface area contributed by atoms with Crippen molar-refractivity contribution in [3.05, 3.63) is 59.8 Å². The van der Waals surface area contributed by atoms with Gasteiger partial charge in [-0.25, -0.2) is 14.4 Å². The minimum atomic E-state index is -1.07. The third-order valence-corrected chi connectivity index (χ3v) is 8.22. The first-order valence-electron chi connectivity index (χ1n) is 12.5. The molecule has 0 saturated heterocycles. The molecule has 1 aliphatic rings. The highest BCUT2D eigenvalue weighted by Crippen LogP contribution is 2.38. The lowest BCUT2D eigenvalue weighted by Crippen LogP contribution is -2.36. The Morgan fingerprint density at radius 2 is 1.84 bits per heavy atom. The maximum absolute atomic E-state index is 13.4. The Kier molecular flexibility index (Phi) is 7.28. The molecule has 0 amide bonds. The lowest BCUT2D eigenvalue weighted by molar-refractivity contribution is 0.00446. The SMILES string of the molecule is Cc1nc(NCC(C)(C)c2ccc(F)cc2)nc(N[C@@H]2C[C@H](CO)[C@@H](O)[C@H]2O)c1-c1nc2cnccc2s1. The zero-order valence-corrected chi connectivity index (χ0v) is 22.2. The first-order valence-corrected chi connectivity index (χ1v) is 13.3. The van der Waals surface area contributed by atoms with E-state index in [1.54, 1.807) is 24.5 Å². The zero-order chi connectivity index (χ0) is 27.0. The molecule has 1 aromatic carbocycles. The predicted molar refractivity (Wildman–Crippen MR) is 146 cm³/mol. The van der Waals surface area contributed by atoms with Crippen molar-refractivity contribution in [1.29, 1.82) is 0 Å². The number of anilines is 2. The molecule has 200 valence electrons. The normalized spacial score (nSPS) is 21.7. The number of fused-ring (bicyclic) bond motifs is 1. The fraction of sp³-hybridized carbons (Fsp3) is 0.407. The predicted octanol–water partition coefficient (Wildman–Crippen LogP) is 3.50. The highest BCUT2D eigenvalue weighted by atomic mass is 32.1. The number of hydrogen-bond donors (Lipinski definition) is 5. The average molecular weight is 539 g/mol. The highest BCUT2D eigenvalue weighted by molar-refractivity contribution is 7.21. The van der Waals surface area contributed by atoms with E-state index in [0.29, 0.717) is 41.0 Å². The van der Waals surface area contributed by atoms with Crippen LogP contribution in [-0.4, -0.2) is 66.7 Å². The topological polar surface area (TPSA) is 136 Å². The van der Waals surface area contributed by atoms with E-state index < -0.39 is 24.2 Å². The zero-order valence-electron chi connectivity index (χ0n) is 21.4. The van der Waals surface area contributed by atoms with Crippen LogP contribution in [0.25, 0.3) is 20.8 Å². The molecule has 38 heavy (non-hydrogen) atoms. The minimum absolute atomic E-state index is 0.220. The second-order valence-corrected chi connectivity index (χ2v) is 11.4. The number of nitrogens with one attached hydrogen (secondary N) is 2. The lowest BCUT2D eigenvalue weighted by Gasteiger charge is -2.26. The molecule has 0 bridgehead atoms. The van der Waals surface area contributed by atoms with Crippen LogP contribution < -0.4 is 10.6 Å². The maximum atomic E-state index is 13.4. The lowest BCUT2D eigenvalue weighted by atomic mass is 9.84. The van der Waals surface area contributed by atoms with Crippen molar-refractivity contribution in [3.63, 3.8) is 0 Å². The van der Waals surface area contributed by atoms with Crippen molar-refractivity contribution >= 4 is 33.3 Å². The van der Waals surface area contributed by atoms with Crippen LogP contribution in [0.1, 0.15) is 31.5 Å². The van der Waals surface area contributed by atoms with Gasteiger partial charge in [0.1, 0.15) is 28.3 Å². The molecule has 5 N–H and O–H groups in total. The van der Waals surface area contributed by atoms with Gasteiger partial charge in [-0.1, -0.05) is 26.0 Å². The quantitative estimate of drug-likeness (QED) is 0.228. The number of halogens is 1. The summed E-state index contributed by atoms with van der Waals surface area (Å²) in [6, 6.07) is 7.81. The van der Waals surface area contributed by atoms with E-state index in [0.717, 1.165) is 15.8 Å². The van der Waals surface area contributed by atoms with Crippen molar-refractivity contribution in [1.82, 2.24) is 19.9 Å². The smallest absolute Gasteiger partial charge is 0.224 e. The van der Waals surface area contributed by atoms with E-state index in [1.165, 1.54) is 23.5 Å². The van der Waals surface area contributed by atoms with Crippen molar-refractivity contribution in [2.24, 2.45) is 5.92 Å². The van der Waals surface area contributed by atoms with E-state index >= 15 is 0 Å². The molecule has 0 spiro atoms. The monoisotopic (exact) mass is 538 g/mol. The Morgan fingerprint density at radius 3 is 2.53 bits per heavy atom. The van der Waals surface area contributed by atoms with E-state index in [4.69, 9.17) is 15.0 Å². The number of pyridine rings is 1. The van der Waals surface area contributed by atoms with Crippen molar-refractivity contribution in [2.75, 3.05) is 23.8 Å². The van der Waals surface area contributed by atoms with Gasteiger partial charge in [0.25, 0.3) is 0 Å². The highest BCUT2D eigenvalue weighted by Gasteiger charge is 2.41. The van der Waals surface area contributed by atoms with Crippen molar-refractivity contribution in [3.8, 4) is 10.6 Å². The van der Waals surface area contributed by atoms with Crippen molar-refractivity contribution < 1.29 is 19.7 Å². The Bertz CT molecular complexity index is 1400. The number of aliphatic hydroxyl groups excluding tert-OH is 3. The molecule has 9 nitrogen and oxygen atoms in total. The summed E-state index contributed by atoms with van der Waals surface area (Å²) in [5, 5.41) is 38.0. The fourth-order valence-corrected chi connectivity index (χ4v) is 5.86. The molecular formula is C27H31FN6O3S. The van der Waals surface area contributed by atoms with Crippen LogP contribution >= 0.6 is 11.3 Å². The van der Waals surface area contributed by atoms with Gasteiger partial charge in [0.2, 0.25) is 5.95 Å². The van der Waals surface area contributed by atoms with Crippen LogP contribution in [0.15, 0.2) is 42.7 Å². The van der Waals surface area contributed by atoms with Crippen LogP contribution in [0.2, 0.25) is 0 Å². The molecule has 1 saturated carbocycles. The number of thiazole rings is 1. The molecule has 5 rings (SSSR count). The maximum Gasteiger partial charge on any atom is 0.224 e. The van der Waals surface area contributed by atoms with Crippen LogP contribution in [0.4, 0.5) is 16.2 Å². The number of rotatable bonds is 8. The first kappa shape index (κ1) is 26.4. The van der Waals surface area contributed by atoms with Gasteiger partial charge in [0.15, 0.2) is 0 Å². The summed E-state index contributed by atoms with van der Waals surface area (Å²) < 4.78 is 14.4. The number of aryl methyl sites for hydroxylation is 1. The molecule has 4 aromatic rings. The van der Waals surface area contributed by atoms with Crippen molar-refractivity contribution in [2.45, 2.75) is 50.9 Å². The molecule has 0 radical (unpaired) electrons. The summed E-state index contributed by atoms with van der Waals surface area (Å²) in [4.78, 5) is 18.4. The van der Waals surface area contributed by atoms with Gasteiger partial charge in [-0.15, -0.1) is 11.3 Å². The number of benzene rings is 1. The molecule has 3 heterocycles. The summed E-state index contributed by atoms with van der Waals surface area (Å²) in [6.45, 7) is 6.24. The number of aliphatic hydroxyl groups is 3. The Hall–Kier alpha value is -3.25. The van der Waals surface area contributed by atoms with Gasteiger partial charge in [-0.2, -0.15) is 4.98 Å². The van der Waals surface area contributed by atoms with E-state index in [1.807, 2.05) is 26.8 Å². The van der Waals surface area contributed by atoms with Crippen LogP contribution in [0, 0.1) is 18.7 Å². The third-order valence-electron chi connectivity index (χ3n) is 7.17. The Morgan fingerprint density at radius 1 is 1.08 bits per heavy atom. The Labute approximate surface area is 223 Å². The molecule has 4 atom stereocenters. The van der Waals surface area contributed by atoms with E-state index in [2.05, 4.69) is 15.6 Å². The average Bonchev–Trinajstić information content (AvgIpc) is 3.43. The fourth-order valence-electron chi connectivity index (χ4n) is 4.83. The third kappa shape index (κ3) is 5.19. The van der Waals surface area contributed by atoms with Gasteiger partial charge < -0.3 is 26.0 Å². The van der Waals surface area contributed by atoms with E-state index in [9.17, 15) is 19.7 Å². The second kappa shape index (κ2) is 10.5. The number of nitrogens with zero attached hydrogens (tertiary/aromatic N) is 4. The first-order chi connectivity index (χ1) is 18.2. The second-order valence-electron chi connectivity index (χ2n) is 10.4. The van der Waals surface area contributed by atoms with Gasteiger partial charge in [-0.3, -0.25) is 4.98 Å². The molecule has 1 aliphatic carbocycles. The summed E-state index contributed by atoms with van der Waals surface area (Å²) >= 11 is 1.49. The molecular weight excluding hydrogens is 507 g/mol. The molecule has 3 aromatic heterocycles. The summed E-state index contributed by atoms with van der Waals surface area (Å²) in [7, 11) is 0. The van der Waals surface area contributed by atoms with E-state index in [-0.39, 0.29) is 17.8 Å². The number of hydrogen-bond acceptors (Lipinski definition) is 10. The number of aromatic nitrogens is 4. The van der Waals surface area contributed by atoms with Gasteiger partial charge in [0.05, 0.1) is 34.3 Å². The van der Waals surface area contributed by atoms with Crippen LogP contribution in [-0.2, 0) is 5.41 Å². The summed E-state index contributed by atoms with van der Waals surface area (Å²) in [5.41, 5.74) is 2.78. The summed E-state index contributed by atoms with van der Waals surface area (Å²) in [5.74, 6) is 0.146. The van der Waals surface area contributed by atoms with Crippen LogP contribution in [0.5, 0.6) is 0 Å². The Balaban J connectivity index is 1.48. The molecule has 1 fully saturated rings. The summed E-state index contributed by atoms with van der Waals surface area (Å²) in [6.07, 6.45) is 1.70. The van der Waals surface area contributed by atoms with Crippen LogP contribution in [0.3, 0.4) is 0 Å². The minimum Gasteiger partial charge on any atom is -0.396 e. The molecule has 0 aliphatic heterocycles. The van der Waals surface area contributed by atoms with Gasteiger partial charge >= 0.3 is 0 Å². The molecule has 11 heteroatoms.